The number of benzene rings is 2. The molecule has 2 aromatic rings. The van der Waals surface area contributed by atoms with Crippen LogP contribution in [0.4, 0.5) is 13.2 Å². The second-order valence-corrected chi connectivity index (χ2v) is 5.92. The minimum absolute atomic E-state index is 0.142. The Kier molecular flexibility index (Phi) is 7.06. The Balaban J connectivity index is 1.88. The molecule has 2 aromatic carbocycles. The summed E-state index contributed by atoms with van der Waals surface area (Å²) in [6.45, 7) is 2.17. The average Bonchev–Trinajstić information content (AvgIpc) is 2.59. The first kappa shape index (κ1) is 19.8. The van der Waals surface area contributed by atoms with Crippen LogP contribution in [0.15, 0.2) is 48.5 Å². The summed E-state index contributed by atoms with van der Waals surface area (Å²) in [4.78, 5) is 12.1. The lowest BCUT2D eigenvalue weighted by Gasteiger charge is -2.09. The highest BCUT2D eigenvalue weighted by Gasteiger charge is 2.31. The van der Waals surface area contributed by atoms with Gasteiger partial charge in [-0.3, -0.25) is 0 Å². The highest BCUT2D eigenvalue weighted by Crippen LogP contribution is 2.23. The molecule has 0 fully saturated rings. The summed E-state index contributed by atoms with van der Waals surface area (Å²) in [6, 6.07) is 11.9. The number of hydrogen-bond acceptors (Lipinski definition) is 3. The Morgan fingerprint density at radius 1 is 0.885 bits per heavy atom. The van der Waals surface area contributed by atoms with Gasteiger partial charge in [-0.05, 0) is 54.8 Å². The zero-order valence-electron chi connectivity index (χ0n) is 14.5. The van der Waals surface area contributed by atoms with Gasteiger partial charge in [-0.15, -0.1) is 13.2 Å². The predicted molar refractivity (Wildman–Crippen MR) is 92.4 cm³/mol. The van der Waals surface area contributed by atoms with Gasteiger partial charge in [0.05, 0.1) is 5.56 Å². The van der Waals surface area contributed by atoms with E-state index in [1.54, 1.807) is 12.1 Å². The van der Waals surface area contributed by atoms with Crippen molar-refractivity contribution < 1.29 is 27.4 Å². The monoisotopic (exact) mass is 366 g/mol. The fourth-order valence-electron chi connectivity index (χ4n) is 2.44. The van der Waals surface area contributed by atoms with Gasteiger partial charge in [0.1, 0.15) is 11.5 Å². The lowest BCUT2D eigenvalue weighted by Crippen LogP contribution is -2.17. The SMILES string of the molecule is CCCCCCc1ccc(OC(=O)c2ccc(OC(F)(F)F)cc2)cc1. The number of carbonyl (C=O) groups excluding carboxylic acids is 1. The molecule has 0 spiro atoms. The van der Waals surface area contributed by atoms with E-state index in [0.717, 1.165) is 25.0 Å². The molecule has 0 unspecified atom stereocenters. The molecule has 0 aliphatic heterocycles. The summed E-state index contributed by atoms with van der Waals surface area (Å²) in [6.07, 6.45) is 0.955. The molecule has 140 valence electrons. The van der Waals surface area contributed by atoms with Gasteiger partial charge in [-0.25, -0.2) is 4.79 Å². The van der Waals surface area contributed by atoms with Crippen molar-refractivity contribution in [2.24, 2.45) is 0 Å². The first-order valence-electron chi connectivity index (χ1n) is 8.54. The Bertz CT molecular complexity index is 692. The van der Waals surface area contributed by atoms with Gasteiger partial charge in [0.2, 0.25) is 0 Å². The van der Waals surface area contributed by atoms with Crippen molar-refractivity contribution in [3.8, 4) is 11.5 Å². The first-order valence-corrected chi connectivity index (χ1v) is 8.54. The van der Waals surface area contributed by atoms with Gasteiger partial charge in [0.15, 0.2) is 0 Å². The van der Waals surface area contributed by atoms with Crippen LogP contribution in [0.2, 0.25) is 0 Å². The van der Waals surface area contributed by atoms with Crippen LogP contribution >= 0.6 is 0 Å². The summed E-state index contributed by atoms with van der Waals surface area (Å²) in [7, 11) is 0. The largest absolute Gasteiger partial charge is 0.573 e. The molecule has 26 heavy (non-hydrogen) atoms. The van der Waals surface area contributed by atoms with E-state index >= 15 is 0 Å². The highest BCUT2D eigenvalue weighted by atomic mass is 19.4. The molecule has 0 atom stereocenters. The summed E-state index contributed by atoms with van der Waals surface area (Å²) in [5.41, 5.74) is 1.32. The minimum atomic E-state index is -4.76. The number of alkyl halides is 3. The molecule has 0 aliphatic carbocycles. The van der Waals surface area contributed by atoms with Crippen molar-refractivity contribution in [1.82, 2.24) is 0 Å². The van der Waals surface area contributed by atoms with Gasteiger partial charge in [0, 0.05) is 0 Å². The Morgan fingerprint density at radius 3 is 2.08 bits per heavy atom. The van der Waals surface area contributed by atoms with Gasteiger partial charge < -0.3 is 9.47 Å². The summed E-state index contributed by atoms with van der Waals surface area (Å²) < 4.78 is 45.4. The number of aryl methyl sites for hydroxylation is 1. The van der Waals surface area contributed by atoms with E-state index in [2.05, 4.69) is 11.7 Å². The van der Waals surface area contributed by atoms with Crippen LogP contribution in [0, 0.1) is 0 Å². The second-order valence-electron chi connectivity index (χ2n) is 5.92. The molecule has 0 bridgehead atoms. The molecule has 0 N–H and O–H groups in total. The van der Waals surface area contributed by atoms with Crippen molar-refractivity contribution in [2.75, 3.05) is 0 Å². The molecular weight excluding hydrogens is 345 g/mol. The Labute approximate surface area is 150 Å². The molecule has 0 heterocycles. The number of rotatable bonds is 8. The number of unbranched alkanes of at least 4 members (excludes halogenated alkanes) is 3. The van der Waals surface area contributed by atoms with Crippen molar-refractivity contribution in [3.63, 3.8) is 0 Å². The van der Waals surface area contributed by atoms with E-state index in [1.165, 1.54) is 37.0 Å². The molecule has 2 rings (SSSR count). The topological polar surface area (TPSA) is 35.5 Å². The van der Waals surface area contributed by atoms with Gasteiger partial charge >= 0.3 is 12.3 Å². The van der Waals surface area contributed by atoms with Crippen molar-refractivity contribution in [1.29, 1.82) is 0 Å². The van der Waals surface area contributed by atoms with Crippen LogP contribution in [0.25, 0.3) is 0 Å². The Hall–Kier alpha value is -2.50. The van der Waals surface area contributed by atoms with Crippen LogP contribution in [0.1, 0.15) is 48.5 Å². The predicted octanol–water partition coefficient (Wildman–Crippen LogP) is 5.93. The lowest BCUT2D eigenvalue weighted by atomic mass is 10.1. The molecule has 0 saturated heterocycles. The third kappa shape index (κ3) is 6.78. The quantitative estimate of drug-likeness (QED) is 0.330. The summed E-state index contributed by atoms with van der Waals surface area (Å²) in [5.74, 6) is -0.636. The first-order chi connectivity index (χ1) is 12.4. The van der Waals surface area contributed by atoms with Crippen LogP contribution in [0.3, 0.4) is 0 Å². The number of hydrogen-bond donors (Lipinski definition) is 0. The van der Waals surface area contributed by atoms with Gasteiger partial charge in [-0.2, -0.15) is 0 Å². The summed E-state index contributed by atoms with van der Waals surface area (Å²) in [5, 5.41) is 0. The maximum atomic E-state index is 12.1. The van der Waals surface area contributed by atoms with E-state index in [4.69, 9.17) is 4.74 Å². The highest BCUT2D eigenvalue weighted by molar-refractivity contribution is 5.91. The fourth-order valence-corrected chi connectivity index (χ4v) is 2.44. The standard InChI is InChI=1S/C20H21F3O3/c1-2-3-4-5-6-15-7-11-17(12-8-15)25-19(24)16-9-13-18(14-10-16)26-20(21,22)23/h7-14H,2-6H2,1H3. The van der Waals surface area contributed by atoms with Gasteiger partial charge in [0.25, 0.3) is 0 Å². The van der Waals surface area contributed by atoms with E-state index in [-0.39, 0.29) is 11.3 Å². The van der Waals surface area contributed by atoms with Crippen LogP contribution in [-0.2, 0) is 6.42 Å². The van der Waals surface area contributed by atoms with Crippen LogP contribution in [0.5, 0.6) is 11.5 Å². The molecule has 0 radical (unpaired) electrons. The number of carbonyl (C=O) groups is 1. The molecular formula is C20H21F3O3. The summed E-state index contributed by atoms with van der Waals surface area (Å²) >= 11 is 0. The molecule has 6 heteroatoms. The van der Waals surface area contributed by atoms with Gasteiger partial charge in [-0.1, -0.05) is 38.3 Å². The molecule has 0 aromatic heterocycles. The number of esters is 1. The third-order valence-corrected chi connectivity index (χ3v) is 3.78. The molecule has 0 saturated carbocycles. The van der Waals surface area contributed by atoms with Crippen LogP contribution in [-0.4, -0.2) is 12.3 Å². The maximum absolute atomic E-state index is 12.1. The van der Waals surface area contributed by atoms with E-state index in [9.17, 15) is 18.0 Å². The van der Waals surface area contributed by atoms with E-state index in [0.29, 0.717) is 5.75 Å². The second kappa shape index (κ2) is 9.27. The zero-order valence-corrected chi connectivity index (χ0v) is 14.5. The third-order valence-electron chi connectivity index (χ3n) is 3.78. The molecule has 0 amide bonds. The minimum Gasteiger partial charge on any atom is -0.423 e. The number of halogens is 3. The average molecular weight is 366 g/mol. The van der Waals surface area contributed by atoms with Crippen LogP contribution < -0.4 is 9.47 Å². The van der Waals surface area contributed by atoms with E-state index in [1.807, 2.05) is 12.1 Å². The maximum Gasteiger partial charge on any atom is 0.573 e. The normalized spacial score (nSPS) is 11.2. The smallest absolute Gasteiger partial charge is 0.423 e. The number of ether oxygens (including phenoxy) is 2. The molecule has 3 nitrogen and oxygen atoms in total. The van der Waals surface area contributed by atoms with E-state index < -0.39 is 12.3 Å². The van der Waals surface area contributed by atoms with Crippen molar-refractivity contribution in [3.05, 3.63) is 59.7 Å². The fraction of sp³-hybridized carbons (Fsp3) is 0.350. The van der Waals surface area contributed by atoms with Crippen molar-refractivity contribution in [2.45, 2.75) is 45.4 Å². The lowest BCUT2D eigenvalue weighted by molar-refractivity contribution is -0.274. The Morgan fingerprint density at radius 2 is 1.50 bits per heavy atom. The molecule has 0 aliphatic rings. The zero-order chi connectivity index (χ0) is 19.0. The van der Waals surface area contributed by atoms with Crippen molar-refractivity contribution >= 4 is 5.97 Å².